The molecule has 1 fully saturated rings. The second kappa shape index (κ2) is 7.01. The molecule has 0 bridgehead atoms. The highest BCUT2D eigenvalue weighted by Crippen LogP contribution is 2.35. The molecular formula is C17H22BrNO4. The molecule has 1 saturated heterocycles. The number of ether oxygens (including phenoxy) is 2. The number of carbonyl (C=O) groups is 2. The van der Waals surface area contributed by atoms with Crippen molar-refractivity contribution in [2.75, 3.05) is 7.11 Å². The van der Waals surface area contributed by atoms with Crippen LogP contribution in [0.2, 0.25) is 0 Å². The predicted molar refractivity (Wildman–Crippen MR) is 89.8 cm³/mol. The summed E-state index contributed by atoms with van der Waals surface area (Å²) >= 11 is 3.40. The van der Waals surface area contributed by atoms with E-state index < -0.39 is 17.6 Å². The van der Waals surface area contributed by atoms with Gasteiger partial charge in [0, 0.05) is 10.5 Å². The van der Waals surface area contributed by atoms with Gasteiger partial charge in [-0.2, -0.15) is 0 Å². The van der Waals surface area contributed by atoms with Gasteiger partial charge >= 0.3 is 11.9 Å². The molecule has 23 heavy (non-hydrogen) atoms. The van der Waals surface area contributed by atoms with E-state index in [9.17, 15) is 9.59 Å². The van der Waals surface area contributed by atoms with E-state index in [1.54, 1.807) is 0 Å². The van der Waals surface area contributed by atoms with Gasteiger partial charge in [-0.15, -0.1) is 0 Å². The summed E-state index contributed by atoms with van der Waals surface area (Å²) < 4.78 is 11.3. The zero-order valence-electron chi connectivity index (χ0n) is 13.8. The molecular weight excluding hydrogens is 362 g/mol. The molecule has 1 aromatic carbocycles. The van der Waals surface area contributed by atoms with E-state index in [1.165, 1.54) is 7.11 Å². The van der Waals surface area contributed by atoms with E-state index in [1.807, 2.05) is 45.0 Å². The van der Waals surface area contributed by atoms with Gasteiger partial charge in [-0.1, -0.05) is 28.1 Å². The topological polar surface area (TPSA) is 64.6 Å². The van der Waals surface area contributed by atoms with Crippen LogP contribution >= 0.6 is 15.9 Å². The van der Waals surface area contributed by atoms with Crippen LogP contribution in [0.3, 0.4) is 0 Å². The Labute approximate surface area is 144 Å². The first-order chi connectivity index (χ1) is 10.7. The predicted octanol–water partition coefficient (Wildman–Crippen LogP) is 2.98. The number of hydrogen-bond donors (Lipinski definition) is 1. The molecule has 0 radical (unpaired) electrons. The van der Waals surface area contributed by atoms with Crippen LogP contribution in [0, 0.1) is 5.92 Å². The molecule has 6 heteroatoms. The lowest BCUT2D eigenvalue weighted by Gasteiger charge is -2.25. The number of nitrogens with one attached hydrogen (secondary N) is 1. The molecule has 2 rings (SSSR count). The van der Waals surface area contributed by atoms with Crippen molar-refractivity contribution in [3.8, 4) is 0 Å². The molecule has 1 N–H and O–H groups in total. The van der Waals surface area contributed by atoms with E-state index in [0.29, 0.717) is 6.42 Å². The monoisotopic (exact) mass is 383 g/mol. The van der Waals surface area contributed by atoms with Crippen LogP contribution in [0.1, 0.15) is 38.8 Å². The van der Waals surface area contributed by atoms with Crippen molar-refractivity contribution in [1.29, 1.82) is 0 Å². The van der Waals surface area contributed by atoms with Crippen LogP contribution in [0.15, 0.2) is 28.7 Å². The average molecular weight is 384 g/mol. The lowest BCUT2D eigenvalue weighted by Crippen LogP contribution is -2.33. The van der Waals surface area contributed by atoms with Crippen molar-refractivity contribution in [2.45, 2.75) is 44.9 Å². The van der Waals surface area contributed by atoms with Crippen LogP contribution in [0.5, 0.6) is 0 Å². The standard InChI is InChI=1S/C17H22BrNO4/c1-17(2,3)23-15(20)12-9-13(16(21)22-4)19-14(12)10-5-7-11(18)8-6-10/h5-8,12-14,19H,9H2,1-4H3/t12-,13-,14-/m0/s1. The highest BCUT2D eigenvalue weighted by atomic mass is 79.9. The fraction of sp³-hybridized carbons (Fsp3) is 0.529. The summed E-state index contributed by atoms with van der Waals surface area (Å²) in [7, 11) is 1.35. The van der Waals surface area contributed by atoms with E-state index >= 15 is 0 Å². The van der Waals surface area contributed by atoms with Crippen LogP contribution in [0.25, 0.3) is 0 Å². The van der Waals surface area contributed by atoms with Gasteiger partial charge in [0.15, 0.2) is 0 Å². The minimum atomic E-state index is -0.565. The molecule has 1 aliphatic rings. The number of rotatable bonds is 3. The van der Waals surface area contributed by atoms with Gasteiger partial charge in [-0.05, 0) is 44.9 Å². The van der Waals surface area contributed by atoms with Crippen molar-refractivity contribution < 1.29 is 19.1 Å². The highest BCUT2D eigenvalue weighted by molar-refractivity contribution is 9.10. The second-order valence-electron chi connectivity index (χ2n) is 6.65. The summed E-state index contributed by atoms with van der Waals surface area (Å²) in [5.41, 5.74) is 0.375. The number of halogens is 1. The summed E-state index contributed by atoms with van der Waals surface area (Å²) in [5, 5.41) is 3.20. The van der Waals surface area contributed by atoms with Gasteiger partial charge in [0.2, 0.25) is 0 Å². The molecule has 0 unspecified atom stereocenters. The summed E-state index contributed by atoms with van der Waals surface area (Å²) in [4.78, 5) is 24.4. The van der Waals surface area contributed by atoms with Gasteiger partial charge in [-0.25, -0.2) is 0 Å². The van der Waals surface area contributed by atoms with Gasteiger partial charge < -0.3 is 9.47 Å². The minimum Gasteiger partial charge on any atom is -0.468 e. The average Bonchev–Trinajstić information content (AvgIpc) is 2.90. The first kappa shape index (κ1) is 17.9. The van der Waals surface area contributed by atoms with Gasteiger partial charge in [0.1, 0.15) is 11.6 Å². The SMILES string of the molecule is COC(=O)[C@@H]1C[C@H](C(=O)OC(C)(C)C)[C@H](c2ccc(Br)cc2)N1. The fourth-order valence-electron chi connectivity index (χ4n) is 2.71. The van der Waals surface area contributed by atoms with Crippen LogP contribution in [0.4, 0.5) is 0 Å². The van der Waals surface area contributed by atoms with Crippen molar-refractivity contribution in [3.05, 3.63) is 34.3 Å². The largest absolute Gasteiger partial charge is 0.468 e. The lowest BCUT2D eigenvalue weighted by molar-refractivity contribution is -0.160. The van der Waals surface area contributed by atoms with Crippen LogP contribution < -0.4 is 5.32 Å². The lowest BCUT2D eigenvalue weighted by atomic mass is 9.93. The Balaban J connectivity index is 2.25. The Morgan fingerprint density at radius 1 is 1.17 bits per heavy atom. The maximum atomic E-state index is 12.5. The highest BCUT2D eigenvalue weighted by Gasteiger charge is 2.44. The first-order valence-corrected chi connectivity index (χ1v) is 8.33. The van der Waals surface area contributed by atoms with E-state index in [2.05, 4.69) is 21.2 Å². The Hall–Kier alpha value is -1.40. The van der Waals surface area contributed by atoms with E-state index in [4.69, 9.17) is 9.47 Å². The summed E-state index contributed by atoms with van der Waals surface area (Å²) in [6, 6.07) is 6.90. The van der Waals surface area contributed by atoms with Gasteiger partial charge in [-0.3, -0.25) is 14.9 Å². The molecule has 1 heterocycles. The summed E-state index contributed by atoms with van der Waals surface area (Å²) in [6.07, 6.45) is 0.363. The van der Waals surface area contributed by atoms with Crippen molar-refractivity contribution in [3.63, 3.8) is 0 Å². The van der Waals surface area contributed by atoms with E-state index in [0.717, 1.165) is 10.0 Å². The molecule has 0 aromatic heterocycles. The maximum absolute atomic E-state index is 12.5. The van der Waals surface area contributed by atoms with Crippen molar-refractivity contribution in [2.24, 2.45) is 5.92 Å². The number of benzene rings is 1. The zero-order valence-corrected chi connectivity index (χ0v) is 15.3. The Morgan fingerprint density at radius 2 is 1.78 bits per heavy atom. The van der Waals surface area contributed by atoms with Gasteiger partial charge in [0.05, 0.1) is 13.0 Å². The molecule has 0 saturated carbocycles. The fourth-order valence-corrected chi connectivity index (χ4v) is 2.97. The third kappa shape index (κ3) is 4.54. The molecule has 0 spiro atoms. The summed E-state index contributed by atoms with van der Waals surface area (Å²) in [5.74, 6) is -1.10. The third-order valence-corrected chi connectivity index (χ3v) is 4.23. The first-order valence-electron chi connectivity index (χ1n) is 7.53. The normalized spacial score (nSPS) is 24.3. The van der Waals surface area contributed by atoms with Crippen LogP contribution in [-0.4, -0.2) is 30.7 Å². The number of hydrogen-bond acceptors (Lipinski definition) is 5. The third-order valence-electron chi connectivity index (χ3n) is 3.70. The number of methoxy groups -OCH3 is 1. The summed E-state index contributed by atoms with van der Waals surface area (Å²) in [6.45, 7) is 5.50. The maximum Gasteiger partial charge on any atom is 0.322 e. The Morgan fingerprint density at radius 3 is 2.30 bits per heavy atom. The molecule has 126 valence electrons. The zero-order chi connectivity index (χ0) is 17.2. The second-order valence-corrected chi connectivity index (χ2v) is 7.56. The van der Waals surface area contributed by atoms with Crippen molar-refractivity contribution >= 4 is 27.9 Å². The van der Waals surface area contributed by atoms with E-state index in [-0.39, 0.29) is 18.0 Å². The molecule has 1 aliphatic heterocycles. The molecule has 5 nitrogen and oxygen atoms in total. The van der Waals surface area contributed by atoms with Gasteiger partial charge in [0.25, 0.3) is 0 Å². The molecule has 3 atom stereocenters. The van der Waals surface area contributed by atoms with Crippen LogP contribution in [-0.2, 0) is 19.1 Å². The smallest absolute Gasteiger partial charge is 0.322 e. The Bertz CT molecular complexity index is 579. The minimum absolute atomic E-state index is 0.276. The molecule has 1 aromatic rings. The number of esters is 2. The molecule has 0 aliphatic carbocycles. The number of carbonyl (C=O) groups excluding carboxylic acids is 2. The Kier molecular flexibility index (Phi) is 5.47. The quantitative estimate of drug-likeness (QED) is 0.812. The van der Waals surface area contributed by atoms with Crippen molar-refractivity contribution in [1.82, 2.24) is 5.32 Å². The molecule has 0 amide bonds.